The first-order chi connectivity index (χ1) is 6.50. The predicted octanol–water partition coefficient (Wildman–Crippen LogP) is 1.18. The van der Waals surface area contributed by atoms with Gasteiger partial charge in [-0.05, 0) is 25.0 Å². The summed E-state index contributed by atoms with van der Waals surface area (Å²) in [6.45, 7) is 4.01. The molecule has 0 spiro atoms. The maximum atomic E-state index is 10.7. The molecule has 1 amide bonds. The fourth-order valence-electron chi connectivity index (χ4n) is 1.57. The van der Waals surface area contributed by atoms with Crippen molar-refractivity contribution in [2.24, 2.45) is 11.5 Å². The van der Waals surface area contributed by atoms with E-state index in [9.17, 15) is 4.79 Å². The molecule has 1 aromatic carbocycles. The van der Waals surface area contributed by atoms with Gasteiger partial charge in [0.25, 0.3) is 0 Å². The van der Waals surface area contributed by atoms with E-state index < -0.39 is 0 Å². The van der Waals surface area contributed by atoms with Crippen LogP contribution in [0.5, 0.6) is 0 Å². The highest BCUT2D eigenvalue weighted by Gasteiger charge is 2.11. The minimum absolute atomic E-state index is 0.198. The van der Waals surface area contributed by atoms with Crippen molar-refractivity contribution >= 4 is 5.91 Å². The molecule has 0 aromatic heterocycles. The van der Waals surface area contributed by atoms with Crippen molar-refractivity contribution < 1.29 is 4.79 Å². The van der Waals surface area contributed by atoms with E-state index in [4.69, 9.17) is 11.5 Å². The molecule has 0 aliphatic rings. The van der Waals surface area contributed by atoms with Gasteiger partial charge in [-0.1, -0.05) is 23.8 Å². The molecule has 1 unspecified atom stereocenters. The third-order valence-corrected chi connectivity index (χ3v) is 2.25. The molecule has 0 aliphatic carbocycles. The van der Waals surface area contributed by atoms with Gasteiger partial charge in [0, 0.05) is 12.5 Å². The summed E-state index contributed by atoms with van der Waals surface area (Å²) in [5, 5.41) is 0. The van der Waals surface area contributed by atoms with Crippen LogP contribution < -0.4 is 11.5 Å². The number of aryl methyl sites for hydroxylation is 2. The van der Waals surface area contributed by atoms with Gasteiger partial charge in [0.2, 0.25) is 5.91 Å². The highest BCUT2D eigenvalue weighted by Crippen LogP contribution is 2.19. The summed E-state index contributed by atoms with van der Waals surface area (Å²) in [5.41, 5.74) is 14.2. The summed E-state index contributed by atoms with van der Waals surface area (Å²) >= 11 is 0. The lowest BCUT2D eigenvalue weighted by molar-refractivity contribution is -0.118. The quantitative estimate of drug-likeness (QED) is 0.755. The van der Waals surface area contributed by atoms with E-state index in [1.54, 1.807) is 0 Å². The third kappa shape index (κ3) is 2.57. The van der Waals surface area contributed by atoms with Crippen LogP contribution in [-0.2, 0) is 4.79 Å². The Hall–Kier alpha value is -1.35. The van der Waals surface area contributed by atoms with Crippen LogP contribution in [0.4, 0.5) is 0 Å². The maximum absolute atomic E-state index is 10.7. The van der Waals surface area contributed by atoms with Gasteiger partial charge in [-0.2, -0.15) is 0 Å². The zero-order valence-electron chi connectivity index (χ0n) is 8.58. The molecule has 4 N–H and O–H groups in total. The van der Waals surface area contributed by atoms with Crippen LogP contribution in [0.1, 0.15) is 29.2 Å². The highest BCUT2D eigenvalue weighted by atomic mass is 16.1. The molecule has 0 heterocycles. The zero-order valence-corrected chi connectivity index (χ0v) is 8.58. The van der Waals surface area contributed by atoms with E-state index in [0.29, 0.717) is 0 Å². The van der Waals surface area contributed by atoms with Crippen molar-refractivity contribution in [1.82, 2.24) is 0 Å². The number of carbonyl (C=O) groups is 1. The van der Waals surface area contributed by atoms with Gasteiger partial charge >= 0.3 is 0 Å². The molecule has 3 nitrogen and oxygen atoms in total. The number of nitrogens with two attached hydrogens (primary N) is 2. The minimum atomic E-state index is -0.363. The summed E-state index contributed by atoms with van der Waals surface area (Å²) in [5.74, 6) is -0.363. The van der Waals surface area contributed by atoms with Crippen molar-refractivity contribution in [2.75, 3.05) is 0 Å². The Bertz CT molecular complexity index is 347. The monoisotopic (exact) mass is 192 g/mol. The summed E-state index contributed by atoms with van der Waals surface area (Å²) < 4.78 is 0. The van der Waals surface area contributed by atoms with Crippen LogP contribution in [0.25, 0.3) is 0 Å². The molecule has 14 heavy (non-hydrogen) atoms. The third-order valence-electron chi connectivity index (χ3n) is 2.25. The fourth-order valence-corrected chi connectivity index (χ4v) is 1.57. The summed E-state index contributed by atoms with van der Waals surface area (Å²) in [4.78, 5) is 10.7. The van der Waals surface area contributed by atoms with Crippen molar-refractivity contribution in [1.29, 1.82) is 0 Å². The molecule has 0 bridgehead atoms. The number of primary amides is 1. The molecule has 76 valence electrons. The number of hydrogen-bond donors (Lipinski definition) is 2. The van der Waals surface area contributed by atoms with Gasteiger partial charge in [0.1, 0.15) is 0 Å². The minimum Gasteiger partial charge on any atom is -0.370 e. The number of rotatable bonds is 3. The van der Waals surface area contributed by atoms with Crippen molar-refractivity contribution in [3.8, 4) is 0 Å². The molecule has 0 saturated heterocycles. The van der Waals surface area contributed by atoms with Crippen LogP contribution >= 0.6 is 0 Å². The van der Waals surface area contributed by atoms with Gasteiger partial charge < -0.3 is 11.5 Å². The van der Waals surface area contributed by atoms with E-state index in [1.807, 2.05) is 26.0 Å². The molecule has 3 heteroatoms. The van der Waals surface area contributed by atoms with Crippen LogP contribution in [0.2, 0.25) is 0 Å². The van der Waals surface area contributed by atoms with Gasteiger partial charge in [-0.3, -0.25) is 4.79 Å². The predicted molar refractivity (Wildman–Crippen MR) is 56.7 cm³/mol. The van der Waals surface area contributed by atoms with E-state index in [-0.39, 0.29) is 18.4 Å². The fraction of sp³-hybridized carbons (Fsp3) is 0.364. The van der Waals surface area contributed by atoms with E-state index in [0.717, 1.165) is 11.1 Å². The van der Waals surface area contributed by atoms with Crippen LogP contribution in [0.15, 0.2) is 18.2 Å². The summed E-state index contributed by atoms with van der Waals surface area (Å²) in [7, 11) is 0. The number of hydrogen-bond acceptors (Lipinski definition) is 2. The van der Waals surface area contributed by atoms with Crippen LogP contribution in [0, 0.1) is 13.8 Å². The van der Waals surface area contributed by atoms with Crippen LogP contribution in [0.3, 0.4) is 0 Å². The molecule has 1 atom stereocenters. The lowest BCUT2D eigenvalue weighted by Crippen LogP contribution is -2.21. The van der Waals surface area contributed by atoms with Crippen LogP contribution in [-0.4, -0.2) is 5.91 Å². The van der Waals surface area contributed by atoms with Crippen molar-refractivity contribution in [2.45, 2.75) is 26.3 Å². The average Bonchev–Trinajstić information content (AvgIpc) is 2.01. The first-order valence-electron chi connectivity index (χ1n) is 4.61. The Morgan fingerprint density at radius 3 is 2.57 bits per heavy atom. The van der Waals surface area contributed by atoms with Crippen molar-refractivity contribution in [3.63, 3.8) is 0 Å². The Balaban J connectivity index is 2.90. The molecule has 0 saturated carbocycles. The van der Waals surface area contributed by atoms with Crippen molar-refractivity contribution in [3.05, 3.63) is 34.9 Å². The molecule has 0 fully saturated rings. The van der Waals surface area contributed by atoms with Gasteiger partial charge in [0.05, 0.1) is 0 Å². The lowest BCUT2D eigenvalue weighted by Gasteiger charge is -2.13. The number of amides is 1. The smallest absolute Gasteiger partial charge is 0.219 e. The Morgan fingerprint density at radius 1 is 1.43 bits per heavy atom. The Labute approximate surface area is 84.1 Å². The molecular formula is C11H16N2O. The van der Waals surface area contributed by atoms with E-state index >= 15 is 0 Å². The molecule has 0 aliphatic heterocycles. The summed E-state index contributed by atoms with van der Waals surface area (Å²) in [6.07, 6.45) is 0.198. The first-order valence-corrected chi connectivity index (χ1v) is 4.61. The van der Waals surface area contributed by atoms with E-state index in [2.05, 4.69) is 6.07 Å². The Morgan fingerprint density at radius 2 is 2.07 bits per heavy atom. The molecule has 1 aromatic rings. The number of carbonyl (C=O) groups excluding carboxylic acids is 1. The molecule has 0 radical (unpaired) electrons. The maximum Gasteiger partial charge on any atom is 0.219 e. The highest BCUT2D eigenvalue weighted by molar-refractivity contribution is 5.74. The van der Waals surface area contributed by atoms with Gasteiger partial charge in [-0.25, -0.2) is 0 Å². The SMILES string of the molecule is Cc1ccc(C(N)CC(N)=O)c(C)c1. The largest absolute Gasteiger partial charge is 0.370 e. The second kappa shape index (κ2) is 4.24. The molecular weight excluding hydrogens is 176 g/mol. The first kappa shape index (κ1) is 10.7. The lowest BCUT2D eigenvalue weighted by atomic mass is 9.98. The topological polar surface area (TPSA) is 69.1 Å². The van der Waals surface area contributed by atoms with Gasteiger partial charge in [0.15, 0.2) is 0 Å². The second-order valence-corrected chi connectivity index (χ2v) is 3.64. The molecule has 1 rings (SSSR count). The van der Waals surface area contributed by atoms with Gasteiger partial charge in [-0.15, -0.1) is 0 Å². The van der Waals surface area contributed by atoms with E-state index in [1.165, 1.54) is 5.56 Å². The standard InChI is InChI=1S/C11H16N2O/c1-7-3-4-9(8(2)5-7)10(12)6-11(13)14/h3-5,10H,6,12H2,1-2H3,(H2,13,14). The zero-order chi connectivity index (χ0) is 10.7. The summed E-state index contributed by atoms with van der Waals surface area (Å²) in [6, 6.07) is 5.71. The normalized spacial score (nSPS) is 12.5. The second-order valence-electron chi connectivity index (χ2n) is 3.64. The Kier molecular flexibility index (Phi) is 3.25. The average molecular weight is 192 g/mol. The number of benzene rings is 1.